The molecule has 0 spiro atoms. The molecule has 1 fully saturated rings. The summed E-state index contributed by atoms with van der Waals surface area (Å²) in [7, 11) is -3.86. The smallest absolute Gasteiger partial charge is 0.414 e. The maximum Gasteiger partial charge on any atom is 0.414 e. The van der Waals surface area contributed by atoms with Crippen molar-refractivity contribution in [1.29, 1.82) is 0 Å². The van der Waals surface area contributed by atoms with Crippen molar-refractivity contribution in [1.82, 2.24) is 4.31 Å². The summed E-state index contributed by atoms with van der Waals surface area (Å²) >= 11 is 24.1. The number of amides is 1. The minimum absolute atomic E-state index is 0.000578. The maximum atomic E-state index is 13.1. The zero-order chi connectivity index (χ0) is 21.6. The average Bonchev–Trinajstić information content (AvgIpc) is 2.72. The van der Waals surface area contributed by atoms with Gasteiger partial charge in [0.15, 0.2) is 0 Å². The van der Waals surface area contributed by atoms with Crippen molar-refractivity contribution in [3.8, 4) is 0 Å². The van der Waals surface area contributed by atoms with Gasteiger partial charge in [-0.15, -0.1) is 0 Å². The molecule has 1 saturated heterocycles. The molecule has 6 nitrogen and oxygen atoms in total. The van der Waals surface area contributed by atoms with Crippen molar-refractivity contribution >= 4 is 68.2 Å². The molecule has 0 aromatic heterocycles. The van der Waals surface area contributed by atoms with Gasteiger partial charge < -0.3 is 4.74 Å². The molecule has 2 aliphatic heterocycles. The molecule has 2 aromatic rings. The van der Waals surface area contributed by atoms with Crippen molar-refractivity contribution in [2.75, 3.05) is 18.0 Å². The number of sulfonamides is 1. The van der Waals surface area contributed by atoms with Crippen LogP contribution in [-0.4, -0.2) is 37.9 Å². The Morgan fingerprint density at radius 2 is 1.67 bits per heavy atom. The van der Waals surface area contributed by atoms with E-state index in [9.17, 15) is 13.2 Å². The topological polar surface area (TPSA) is 66.9 Å². The fourth-order valence-electron chi connectivity index (χ4n) is 3.75. The number of ether oxygens (including phenoxy) is 1. The van der Waals surface area contributed by atoms with Gasteiger partial charge in [-0.25, -0.2) is 13.2 Å². The highest BCUT2D eigenvalue weighted by Crippen LogP contribution is 2.38. The SMILES string of the molecule is O=C1OCc2cc(Cl)ccc2N1C1CCN(S(=O)(=O)c2ccc(Cl)c(Cl)c2Cl)CC1. The largest absolute Gasteiger partial charge is 0.444 e. The normalized spacial score (nSPS) is 18.3. The number of carbonyl (C=O) groups excluding carboxylic acids is 1. The van der Waals surface area contributed by atoms with E-state index in [0.29, 0.717) is 17.9 Å². The van der Waals surface area contributed by atoms with Gasteiger partial charge >= 0.3 is 6.09 Å². The van der Waals surface area contributed by atoms with Crippen LogP contribution >= 0.6 is 46.4 Å². The summed E-state index contributed by atoms with van der Waals surface area (Å²) in [6, 6.07) is 7.83. The molecule has 0 atom stereocenters. The number of halogens is 4. The Bertz CT molecular complexity index is 1120. The Morgan fingerprint density at radius 3 is 2.37 bits per heavy atom. The Hall–Kier alpha value is -1.22. The van der Waals surface area contributed by atoms with E-state index in [1.807, 2.05) is 0 Å². The molecule has 2 heterocycles. The van der Waals surface area contributed by atoms with Crippen LogP contribution in [0.25, 0.3) is 0 Å². The Morgan fingerprint density at radius 1 is 0.967 bits per heavy atom. The number of benzene rings is 2. The summed E-state index contributed by atoms with van der Waals surface area (Å²) in [4.78, 5) is 13.9. The van der Waals surface area contributed by atoms with E-state index in [1.165, 1.54) is 16.4 Å². The van der Waals surface area contributed by atoms with Crippen LogP contribution in [0.15, 0.2) is 35.2 Å². The zero-order valence-corrected chi connectivity index (χ0v) is 19.3. The van der Waals surface area contributed by atoms with Crippen LogP contribution in [0.4, 0.5) is 10.5 Å². The van der Waals surface area contributed by atoms with E-state index in [2.05, 4.69) is 0 Å². The summed E-state index contributed by atoms with van der Waals surface area (Å²) in [6.07, 6.45) is 0.434. The van der Waals surface area contributed by atoms with E-state index in [-0.39, 0.29) is 45.7 Å². The quantitative estimate of drug-likeness (QED) is 0.504. The van der Waals surface area contributed by atoms with Crippen LogP contribution in [0, 0.1) is 0 Å². The van der Waals surface area contributed by atoms with Crippen LogP contribution in [0.1, 0.15) is 18.4 Å². The van der Waals surface area contributed by atoms with Crippen LogP contribution in [0.5, 0.6) is 0 Å². The van der Waals surface area contributed by atoms with Crippen molar-refractivity contribution in [2.45, 2.75) is 30.4 Å². The number of rotatable bonds is 3. The van der Waals surface area contributed by atoms with Gasteiger partial charge in [0, 0.05) is 29.7 Å². The third-order valence-electron chi connectivity index (χ3n) is 5.26. The molecule has 0 bridgehead atoms. The lowest BCUT2D eigenvalue weighted by Gasteiger charge is -2.39. The van der Waals surface area contributed by atoms with E-state index < -0.39 is 16.1 Å². The second-order valence-electron chi connectivity index (χ2n) is 7.01. The molecule has 0 aliphatic carbocycles. The maximum absolute atomic E-state index is 13.1. The fraction of sp³-hybridized carbons (Fsp3) is 0.316. The summed E-state index contributed by atoms with van der Waals surface area (Å²) in [5.41, 5.74) is 1.56. The molecule has 0 radical (unpaired) electrons. The van der Waals surface area contributed by atoms with Gasteiger partial charge in [-0.2, -0.15) is 4.31 Å². The number of hydrogen-bond donors (Lipinski definition) is 0. The third-order valence-corrected chi connectivity index (χ3v) is 8.84. The highest BCUT2D eigenvalue weighted by Gasteiger charge is 2.38. The molecule has 0 unspecified atom stereocenters. The molecule has 160 valence electrons. The number of nitrogens with zero attached hydrogens (tertiary/aromatic N) is 2. The summed E-state index contributed by atoms with van der Waals surface area (Å²) in [5, 5.41) is 0.644. The lowest BCUT2D eigenvalue weighted by molar-refractivity contribution is 0.136. The minimum Gasteiger partial charge on any atom is -0.444 e. The van der Waals surface area contributed by atoms with Gasteiger partial charge in [0.25, 0.3) is 0 Å². The van der Waals surface area contributed by atoms with Crippen LogP contribution < -0.4 is 4.90 Å². The van der Waals surface area contributed by atoms with E-state index in [0.717, 1.165) is 11.3 Å². The Kier molecular flexibility index (Phi) is 6.14. The van der Waals surface area contributed by atoms with E-state index >= 15 is 0 Å². The lowest BCUT2D eigenvalue weighted by atomic mass is 10.0. The highest BCUT2D eigenvalue weighted by molar-refractivity contribution is 7.89. The molecule has 0 N–H and O–H groups in total. The lowest BCUT2D eigenvalue weighted by Crippen LogP contribution is -2.50. The second-order valence-corrected chi connectivity index (χ2v) is 10.5. The van der Waals surface area contributed by atoms with Crippen LogP contribution in [0.2, 0.25) is 20.1 Å². The molecule has 2 aliphatic rings. The van der Waals surface area contributed by atoms with Crippen molar-refractivity contribution in [2.24, 2.45) is 0 Å². The van der Waals surface area contributed by atoms with Gasteiger partial charge in [-0.05, 0) is 43.2 Å². The average molecular weight is 510 g/mol. The summed E-state index contributed by atoms with van der Waals surface area (Å²) in [6.45, 7) is 0.598. The number of hydrogen-bond acceptors (Lipinski definition) is 4. The first kappa shape index (κ1) is 22.0. The minimum atomic E-state index is -3.86. The number of piperidine rings is 1. The van der Waals surface area contributed by atoms with Crippen LogP contribution in [-0.2, 0) is 21.4 Å². The van der Waals surface area contributed by atoms with E-state index in [1.54, 1.807) is 23.1 Å². The van der Waals surface area contributed by atoms with E-state index in [4.69, 9.17) is 51.1 Å². The van der Waals surface area contributed by atoms with Crippen LogP contribution in [0.3, 0.4) is 0 Å². The molecule has 2 aromatic carbocycles. The second kappa shape index (κ2) is 8.37. The van der Waals surface area contributed by atoms with Crippen molar-refractivity contribution < 1.29 is 17.9 Å². The number of cyclic esters (lactones) is 1. The summed E-state index contributed by atoms with van der Waals surface area (Å²) in [5.74, 6) is 0. The first-order chi connectivity index (χ1) is 14.2. The predicted molar refractivity (Wildman–Crippen MR) is 117 cm³/mol. The predicted octanol–water partition coefficient (Wildman–Crippen LogP) is 5.61. The first-order valence-electron chi connectivity index (χ1n) is 9.08. The number of carbonyl (C=O) groups is 1. The first-order valence-corrected chi connectivity index (χ1v) is 12.0. The van der Waals surface area contributed by atoms with Crippen molar-refractivity contribution in [3.63, 3.8) is 0 Å². The number of anilines is 1. The van der Waals surface area contributed by atoms with Gasteiger partial charge in [-0.3, -0.25) is 4.90 Å². The molecular weight excluding hydrogens is 494 g/mol. The molecule has 1 amide bonds. The van der Waals surface area contributed by atoms with Gasteiger partial charge in [0.2, 0.25) is 10.0 Å². The van der Waals surface area contributed by atoms with Crippen molar-refractivity contribution in [3.05, 3.63) is 56.0 Å². The third kappa shape index (κ3) is 3.87. The van der Waals surface area contributed by atoms with Gasteiger partial charge in [0.05, 0.1) is 20.8 Å². The Balaban J connectivity index is 1.55. The summed E-state index contributed by atoms with van der Waals surface area (Å²) < 4.78 is 32.8. The molecule has 11 heteroatoms. The number of fused-ring (bicyclic) bond motifs is 1. The van der Waals surface area contributed by atoms with Gasteiger partial charge in [-0.1, -0.05) is 46.4 Å². The molecule has 0 saturated carbocycles. The Labute approximate surface area is 194 Å². The highest BCUT2D eigenvalue weighted by atomic mass is 35.5. The zero-order valence-electron chi connectivity index (χ0n) is 15.4. The molecular formula is C19H16Cl4N2O4S. The monoisotopic (exact) mass is 508 g/mol. The fourth-order valence-corrected chi connectivity index (χ4v) is 6.36. The standard InChI is InChI=1S/C19H16Cl4N2O4S/c20-12-1-3-15-11(9-12)10-29-19(26)25(15)13-5-7-24(8-6-13)30(27,28)16-4-2-14(21)17(22)18(16)23/h1-4,9,13H,5-8,10H2. The van der Waals surface area contributed by atoms with Gasteiger partial charge in [0.1, 0.15) is 11.5 Å². The molecule has 4 rings (SSSR count). The molecule has 30 heavy (non-hydrogen) atoms.